The van der Waals surface area contributed by atoms with E-state index in [-0.39, 0.29) is 18.4 Å². The first-order valence-corrected chi connectivity index (χ1v) is 6.83. The molecule has 1 atom stereocenters. The summed E-state index contributed by atoms with van der Waals surface area (Å²) in [5.74, 6) is -1.30. The number of amides is 1. The molecular weight excluding hydrogens is 252 g/mol. The summed E-state index contributed by atoms with van der Waals surface area (Å²) in [6.07, 6.45) is 4.52. The Hall–Kier alpha value is -1.43. The topological polar surface area (TPSA) is 79.3 Å². The van der Waals surface area contributed by atoms with Gasteiger partial charge in [-0.3, -0.25) is 9.59 Å². The van der Waals surface area contributed by atoms with Gasteiger partial charge in [-0.2, -0.15) is 0 Å². The molecule has 1 aromatic heterocycles. The molecule has 1 unspecified atom stereocenters. The molecule has 1 amide bonds. The average molecular weight is 268 g/mol. The summed E-state index contributed by atoms with van der Waals surface area (Å²) in [6.45, 7) is 2.03. The van der Waals surface area contributed by atoms with Crippen LogP contribution in [0.5, 0.6) is 0 Å². The Bertz CT molecular complexity index is 454. The van der Waals surface area contributed by atoms with Gasteiger partial charge in [0.15, 0.2) is 0 Å². The van der Waals surface area contributed by atoms with E-state index >= 15 is 0 Å². The van der Waals surface area contributed by atoms with E-state index < -0.39 is 11.9 Å². The molecule has 0 spiro atoms. The van der Waals surface area contributed by atoms with E-state index in [1.165, 1.54) is 17.5 Å². The van der Waals surface area contributed by atoms with Crippen molar-refractivity contribution in [3.05, 3.63) is 16.1 Å². The molecule has 1 aliphatic carbocycles. The molecule has 5 nitrogen and oxygen atoms in total. The summed E-state index contributed by atoms with van der Waals surface area (Å²) in [6, 6.07) is 0. The van der Waals surface area contributed by atoms with Gasteiger partial charge in [0.1, 0.15) is 4.88 Å². The van der Waals surface area contributed by atoms with Crippen molar-refractivity contribution >= 4 is 23.2 Å². The lowest BCUT2D eigenvalue weighted by atomic mass is 9.76. The Morgan fingerprint density at radius 1 is 1.61 bits per heavy atom. The molecular formula is C12H16N2O3S. The summed E-state index contributed by atoms with van der Waals surface area (Å²) in [4.78, 5) is 27.4. The van der Waals surface area contributed by atoms with Crippen LogP contribution in [-0.4, -0.2) is 28.5 Å². The summed E-state index contributed by atoms with van der Waals surface area (Å²) in [7, 11) is 0. The lowest BCUT2D eigenvalue weighted by Crippen LogP contribution is -2.39. The fraction of sp³-hybridized carbons (Fsp3) is 0.583. The number of carbonyl (C=O) groups excluding carboxylic acids is 1. The molecule has 1 aliphatic rings. The first-order chi connectivity index (χ1) is 8.58. The van der Waals surface area contributed by atoms with Crippen molar-refractivity contribution in [2.75, 3.05) is 6.54 Å². The number of hydrogen-bond acceptors (Lipinski definition) is 4. The molecule has 0 bridgehead atoms. The minimum Gasteiger partial charge on any atom is -0.481 e. The third-order valence-electron chi connectivity index (χ3n) is 3.36. The van der Waals surface area contributed by atoms with Gasteiger partial charge in [0.05, 0.1) is 17.1 Å². The molecule has 18 heavy (non-hydrogen) atoms. The zero-order chi connectivity index (χ0) is 13.1. The summed E-state index contributed by atoms with van der Waals surface area (Å²) < 4.78 is 0. The molecule has 2 N–H and O–H groups in total. The number of carbonyl (C=O) groups is 2. The van der Waals surface area contributed by atoms with Crippen LogP contribution in [0.2, 0.25) is 0 Å². The van der Waals surface area contributed by atoms with Gasteiger partial charge in [0, 0.05) is 6.54 Å². The maximum absolute atomic E-state index is 11.8. The zero-order valence-corrected chi connectivity index (χ0v) is 11.0. The second-order valence-electron chi connectivity index (χ2n) is 4.59. The highest BCUT2D eigenvalue weighted by molar-refractivity contribution is 7.13. The molecule has 0 saturated heterocycles. The van der Waals surface area contributed by atoms with E-state index in [9.17, 15) is 9.59 Å². The second-order valence-corrected chi connectivity index (χ2v) is 5.82. The van der Waals surface area contributed by atoms with Crippen LogP contribution in [0, 0.1) is 18.8 Å². The van der Waals surface area contributed by atoms with Crippen molar-refractivity contribution in [2.24, 2.45) is 11.8 Å². The molecule has 1 saturated carbocycles. The number of aryl methyl sites for hydroxylation is 1. The van der Waals surface area contributed by atoms with E-state index in [2.05, 4.69) is 10.3 Å². The molecule has 2 rings (SSSR count). The minimum atomic E-state index is -0.819. The highest BCUT2D eigenvalue weighted by Crippen LogP contribution is 2.33. The number of nitrogens with one attached hydrogen (secondary N) is 1. The number of thiazole rings is 1. The largest absolute Gasteiger partial charge is 0.481 e. The third-order valence-corrected chi connectivity index (χ3v) is 4.28. The number of hydrogen-bond donors (Lipinski definition) is 2. The first kappa shape index (κ1) is 13.0. The van der Waals surface area contributed by atoms with Gasteiger partial charge in [-0.1, -0.05) is 6.42 Å². The van der Waals surface area contributed by atoms with Gasteiger partial charge in [-0.05, 0) is 25.7 Å². The third kappa shape index (κ3) is 2.87. The van der Waals surface area contributed by atoms with E-state index in [0.717, 1.165) is 24.3 Å². The predicted octanol–water partition coefficient (Wildman–Crippen LogP) is 1.68. The fourth-order valence-electron chi connectivity index (χ4n) is 2.05. The summed E-state index contributed by atoms with van der Waals surface area (Å²) in [5, 5.41) is 12.7. The molecule has 6 heteroatoms. The van der Waals surface area contributed by atoms with Crippen molar-refractivity contribution in [1.82, 2.24) is 10.3 Å². The Morgan fingerprint density at radius 3 is 2.78 bits per heavy atom. The highest BCUT2D eigenvalue weighted by atomic mass is 32.1. The van der Waals surface area contributed by atoms with Crippen molar-refractivity contribution in [3.63, 3.8) is 0 Å². The molecule has 98 valence electrons. The number of aromatic nitrogens is 1. The fourth-order valence-corrected chi connectivity index (χ4v) is 2.75. The molecule has 1 heterocycles. The van der Waals surface area contributed by atoms with Crippen molar-refractivity contribution in [1.29, 1.82) is 0 Å². The number of rotatable bonds is 5. The molecule has 1 aromatic rings. The van der Waals surface area contributed by atoms with Crippen molar-refractivity contribution in [3.8, 4) is 0 Å². The van der Waals surface area contributed by atoms with Crippen LogP contribution in [0.3, 0.4) is 0 Å². The van der Waals surface area contributed by atoms with Crippen molar-refractivity contribution < 1.29 is 14.7 Å². The van der Waals surface area contributed by atoms with Crippen molar-refractivity contribution in [2.45, 2.75) is 26.2 Å². The Morgan fingerprint density at radius 2 is 2.33 bits per heavy atom. The molecule has 0 aliphatic heterocycles. The monoisotopic (exact) mass is 268 g/mol. The van der Waals surface area contributed by atoms with Gasteiger partial charge < -0.3 is 10.4 Å². The van der Waals surface area contributed by atoms with Crippen LogP contribution in [0.4, 0.5) is 0 Å². The number of aliphatic carboxylic acids is 1. The van der Waals surface area contributed by atoms with E-state index in [4.69, 9.17) is 5.11 Å². The Labute approximate surface area is 109 Å². The lowest BCUT2D eigenvalue weighted by Gasteiger charge is -2.31. The van der Waals surface area contributed by atoms with Gasteiger partial charge >= 0.3 is 5.97 Å². The molecule has 1 fully saturated rings. The van der Waals surface area contributed by atoms with Gasteiger partial charge in [-0.25, -0.2) is 4.98 Å². The Balaban J connectivity index is 1.89. The standard InChI is InChI=1S/C12H16N2O3S/c1-7-13-6-10(18-7)11(15)14-5-9(12(16)17)8-3-2-4-8/h6,8-9H,2-5H2,1H3,(H,14,15)(H,16,17). The number of carboxylic acids is 1. The smallest absolute Gasteiger partial charge is 0.308 e. The summed E-state index contributed by atoms with van der Waals surface area (Å²) >= 11 is 1.31. The second kappa shape index (κ2) is 5.48. The van der Waals surface area contributed by atoms with Gasteiger partial charge in [0.2, 0.25) is 0 Å². The highest BCUT2D eigenvalue weighted by Gasteiger charge is 2.32. The average Bonchev–Trinajstić information content (AvgIpc) is 2.67. The van der Waals surface area contributed by atoms with Crippen LogP contribution in [-0.2, 0) is 4.79 Å². The minimum absolute atomic E-state index is 0.204. The zero-order valence-electron chi connectivity index (χ0n) is 10.2. The van der Waals surface area contributed by atoms with Crippen LogP contribution in [0.25, 0.3) is 0 Å². The molecule has 0 aromatic carbocycles. The summed E-state index contributed by atoms with van der Waals surface area (Å²) in [5.41, 5.74) is 0. The first-order valence-electron chi connectivity index (χ1n) is 6.01. The normalized spacial score (nSPS) is 16.9. The Kier molecular flexibility index (Phi) is 3.96. The molecule has 0 radical (unpaired) electrons. The SMILES string of the molecule is Cc1ncc(C(=O)NCC(C(=O)O)C2CCC2)s1. The maximum atomic E-state index is 11.8. The predicted molar refractivity (Wildman–Crippen MR) is 67.7 cm³/mol. The van der Waals surface area contributed by atoms with E-state index in [0.29, 0.717) is 4.88 Å². The maximum Gasteiger partial charge on any atom is 0.308 e. The number of carboxylic acid groups (broad SMARTS) is 1. The van der Waals surface area contributed by atoms with Crippen LogP contribution in [0.15, 0.2) is 6.20 Å². The van der Waals surface area contributed by atoms with E-state index in [1.54, 1.807) is 0 Å². The number of nitrogens with zero attached hydrogens (tertiary/aromatic N) is 1. The quantitative estimate of drug-likeness (QED) is 0.851. The van der Waals surface area contributed by atoms with Crippen LogP contribution in [0.1, 0.15) is 33.9 Å². The van der Waals surface area contributed by atoms with Crippen LogP contribution >= 0.6 is 11.3 Å². The van der Waals surface area contributed by atoms with Crippen LogP contribution < -0.4 is 5.32 Å². The van der Waals surface area contributed by atoms with Gasteiger partial charge in [0.25, 0.3) is 5.91 Å². The van der Waals surface area contributed by atoms with E-state index in [1.807, 2.05) is 6.92 Å². The van der Waals surface area contributed by atoms with Gasteiger partial charge in [-0.15, -0.1) is 11.3 Å². The lowest BCUT2D eigenvalue weighted by molar-refractivity contribution is -0.144.